The maximum Gasteiger partial charge on any atom is 0.319 e. The molecule has 4 heteroatoms. The summed E-state index contributed by atoms with van der Waals surface area (Å²) in [5.41, 5.74) is -1.55. The zero-order valence-electron chi connectivity index (χ0n) is 12.6. The van der Waals surface area contributed by atoms with Crippen LogP contribution in [0.15, 0.2) is 0 Å². The maximum atomic E-state index is 12.1. The van der Waals surface area contributed by atoms with Crippen LogP contribution in [0.3, 0.4) is 0 Å². The van der Waals surface area contributed by atoms with E-state index in [4.69, 9.17) is 4.74 Å². The first-order valence-electron chi connectivity index (χ1n) is 7.17. The molecule has 0 bridgehead atoms. The van der Waals surface area contributed by atoms with Crippen LogP contribution in [-0.4, -0.2) is 30.9 Å². The average Bonchev–Trinajstić information content (AvgIpc) is 2.35. The Labute approximate surface area is 116 Å². The molecular weight excluding hydrogens is 242 g/mol. The molecule has 0 aromatic rings. The first-order chi connectivity index (χ1) is 8.77. The molecule has 0 radical (unpaired) electrons. The molecule has 1 aliphatic heterocycles. The third-order valence-electron chi connectivity index (χ3n) is 3.66. The highest BCUT2D eigenvalue weighted by Crippen LogP contribution is 2.29. The highest BCUT2D eigenvalue weighted by molar-refractivity contribution is 5.92. The standard InChI is InChI=1S/C15H27NO3/c1-14(2,3)19-13(18)15(4,11-17)8-5-12-6-9-16-10-7-12/h11-12,16H,5-10H2,1-4H3. The molecule has 0 saturated carbocycles. The molecule has 1 heterocycles. The van der Waals surface area contributed by atoms with Crippen molar-refractivity contribution in [3.63, 3.8) is 0 Å². The van der Waals surface area contributed by atoms with Crippen molar-refractivity contribution in [1.82, 2.24) is 5.32 Å². The van der Waals surface area contributed by atoms with Gasteiger partial charge in [0.15, 0.2) is 0 Å². The van der Waals surface area contributed by atoms with Crippen molar-refractivity contribution < 1.29 is 14.3 Å². The SMILES string of the molecule is CC(C)(C)OC(=O)C(C)(C=O)CCC1CCNCC1. The number of aldehydes is 1. The van der Waals surface area contributed by atoms with Gasteiger partial charge in [-0.05, 0) is 72.4 Å². The van der Waals surface area contributed by atoms with Crippen molar-refractivity contribution in [2.24, 2.45) is 11.3 Å². The topological polar surface area (TPSA) is 55.4 Å². The third kappa shape index (κ3) is 5.31. The monoisotopic (exact) mass is 269 g/mol. The van der Waals surface area contributed by atoms with Crippen LogP contribution in [0, 0.1) is 11.3 Å². The van der Waals surface area contributed by atoms with Gasteiger partial charge in [0, 0.05) is 0 Å². The van der Waals surface area contributed by atoms with Crippen molar-refractivity contribution in [3.05, 3.63) is 0 Å². The van der Waals surface area contributed by atoms with Crippen LogP contribution in [-0.2, 0) is 14.3 Å². The number of nitrogens with one attached hydrogen (secondary N) is 1. The summed E-state index contributed by atoms with van der Waals surface area (Å²) in [7, 11) is 0. The summed E-state index contributed by atoms with van der Waals surface area (Å²) >= 11 is 0. The fourth-order valence-electron chi connectivity index (χ4n) is 2.28. The quantitative estimate of drug-likeness (QED) is 0.473. The van der Waals surface area contributed by atoms with Crippen LogP contribution >= 0.6 is 0 Å². The number of piperidine rings is 1. The van der Waals surface area contributed by atoms with Crippen molar-refractivity contribution in [2.45, 2.75) is 59.0 Å². The minimum absolute atomic E-state index is 0.399. The van der Waals surface area contributed by atoms with E-state index in [1.165, 1.54) is 0 Å². The molecule has 4 nitrogen and oxygen atoms in total. The van der Waals surface area contributed by atoms with E-state index in [0.29, 0.717) is 12.3 Å². The van der Waals surface area contributed by atoms with Gasteiger partial charge >= 0.3 is 5.97 Å². The summed E-state index contributed by atoms with van der Waals surface area (Å²) < 4.78 is 5.35. The van der Waals surface area contributed by atoms with E-state index in [0.717, 1.165) is 38.6 Å². The number of esters is 1. The smallest absolute Gasteiger partial charge is 0.319 e. The van der Waals surface area contributed by atoms with Gasteiger partial charge in [-0.2, -0.15) is 0 Å². The molecule has 0 aromatic carbocycles. The maximum absolute atomic E-state index is 12.1. The summed E-state index contributed by atoms with van der Waals surface area (Å²) in [6, 6.07) is 0. The molecule has 1 aliphatic rings. The van der Waals surface area contributed by atoms with Crippen LogP contribution in [0.2, 0.25) is 0 Å². The van der Waals surface area contributed by atoms with Crippen molar-refractivity contribution in [3.8, 4) is 0 Å². The lowest BCUT2D eigenvalue weighted by Gasteiger charge is -2.29. The number of ether oxygens (including phenoxy) is 1. The van der Waals surface area contributed by atoms with Gasteiger partial charge < -0.3 is 14.8 Å². The lowest BCUT2D eigenvalue weighted by Crippen LogP contribution is -2.37. The average molecular weight is 269 g/mol. The van der Waals surface area contributed by atoms with E-state index in [1.54, 1.807) is 6.92 Å². The van der Waals surface area contributed by atoms with Crippen LogP contribution in [0.4, 0.5) is 0 Å². The summed E-state index contributed by atoms with van der Waals surface area (Å²) in [6.07, 6.45) is 4.50. The van der Waals surface area contributed by atoms with Gasteiger partial charge in [-0.15, -0.1) is 0 Å². The van der Waals surface area contributed by atoms with Crippen LogP contribution in [0.5, 0.6) is 0 Å². The van der Waals surface area contributed by atoms with E-state index in [-0.39, 0.29) is 0 Å². The normalized spacial score (nSPS) is 20.6. The van der Waals surface area contributed by atoms with E-state index in [2.05, 4.69) is 5.32 Å². The number of carbonyl (C=O) groups is 2. The van der Waals surface area contributed by atoms with E-state index in [1.807, 2.05) is 20.8 Å². The molecule has 0 amide bonds. The molecule has 1 saturated heterocycles. The van der Waals surface area contributed by atoms with E-state index < -0.39 is 17.0 Å². The van der Waals surface area contributed by atoms with Gasteiger partial charge in [0.05, 0.1) is 0 Å². The lowest BCUT2D eigenvalue weighted by atomic mass is 9.81. The second-order valence-corrected chi connectivity index (χ2v) is 6.77. The fraction of sp³-hybridized carbons (Fsp3) is 0.867. The molecular formula is C15H27NO3. The Hall–Kier alpha value is -0.900. The van der Waals surface area contributed by atoms with Gasteiger partial charge in [0.1, 0.15) is 17.3 Å². The summed E-state index contributed by atoms with van der Waals surface area (Å²) in [6.45, 7) is 9.23. The Morgan fingerprint density at radius 2 is 1.84 bits per heavy atom. The summed E-state index contributed by atoms with van der Waals surface area (Å²) in [4.78, 5) is 23.4. The molecule has 0 aromatic heterocycles. The zero-order chi connectivity index (χ0) is 14.5. The minimum Gasteiger partial charge on any atom is -0.459 e. The van der Waals surface area contributed by atoms with Crippen LogP contribution in [0.25, 0.3) is 0 Å². The van der Waals surface area contributed by atoms with Crippen molar-refractivity contribution in [1.29, 1.82) is 0 Å². The molecule has 110 valence electrons. The van der Waals surface area contributed by atoms with Gasteiger partial charge in [-0.3, -0.25) is 4.79 Å². The molecule has 0 aliphatic carbocycles. The third-order valence-corrected chi connectivity index (χ3v) is 3.66. The minimum atomic E-state index is -1.00. The number of carbonyl (C=O) groups excluding carboxylic acids is 2. The summed E-state index contributed by atoms with van der Waals surface area (Å²) in [5.74, 6) is 0.215. The highest BCUT2D eigenvalue weighted by atomic mass is 16.6. The Bertz CT molecular complexity index is 316. The zero-order valence-corrected chi connectivity index (χ0v) is 12.6. The predicted octanol–water partition coefficient (Wildman–Crippen LogP) is 2.31. The largest absolute Gasteiger partial charge is 0.459 e. The Balaban J connectivity index is 2.53. The van der Waals surface area contributed by atoms with Gasteiger partial charge in [0.2, 0.25) is 0 Å². The number of rotatable bonds is 5. The molecule has 0 spiro atoms. The lowest BCUT2D eigenvalue weighted by molar-refractivity contribution is -0.167. The van der Waals surface area contributed by atoms with E-state index in [9.17, 15) is 9.59 Å². The molecule has 1 atom stereocenters. The molecule has 19 heavy (non-hydrogen) atoms. The van der Waals surface area contributed by atoms with Gasteiger partial charge in [0.25, 0.3) is 0 Å². The molecule has 1 unspecified atom stereocenters. The first kappa shape index (κ1) is 16.2. The molecule has 1 fully saturated rings. The van der Waals surface area contributed by atoms with Crippen LogP contribution < -0.4 is 5.32 Å². The Morgan fingerprint density at radius 1 is 1.26 bits per heavy atom. The first-order valence-corrected chi connectivity index (χ1v) is 7.17. The van der Waals surface area contributed by atoms with Crippen LogP contribution in [0.1, 0.15) is 53.4 Å². The number of hydrogen-bond donors (Lipinski definition) is 1. The molecule has 1 N–H and O–H groups in total. The van der Waals surface area contributed by atoms with Gasteiger partial charge in [-0.1, -0.05) is 0 Å². The van der Waals surface area contributed by atoms with E-state index >= 15 is 0 Å². The fourth-order valence-corrected chi connectivity index (χ4v) is 2.28. The second-order valence-electron chi connectivity index (χ2n) is 6.77. The Morgan fingerprint density at radius 3 is 2.32 bits per heavy atom. The Kier molecular flexibility index (Phi) is 5.53. The molecule has 1 rings (SSSR count). The van der Waals surface area contributed by atoms with Gasteiger partial charge in [-0.25, -0.2) is 0 Å². The predicted molar refractivity (Wildman–Crippen MR) is 74.8 cm³/mol. The van der Waals surface area contributed by atoms with Crippen molar-refractivity contribution in [2.75, 3.05) is 13.1 Å². The highest BCUT2D eigenvalue weighted by Gasteiger charge is 2.37. The van der Waals surface area contributed by atoms with Crippen molar-refractivity contribution >= 4 is 12.3 Å². The number of hydrogen-bond acceptors (Lipinski definition) is 4. The summed E-state index contributed by atoms with van der Waals surface area (Å²) in [5, 5.41) is 3.32. The second kappa shape index (κ2) is 6.51.